The number of hydrogen-bond donors (Lipinski definition) is 1. The Bertz CT molecular complexity index is 1060. The smallest absolute Gasteiger partial charge is 0.343 e. The fraction of sp³-hybridized carbons (Fsp3) is 0.125. The summed E-state index contributed by atoms with van der Waals surface area (Å²) in [6.07, 6.45) is 1.47. The molecule has 0 aliphatic carbocycles. The maximum absolute atomic E-state index is 12.2. The Kier molecular flexibility index (Phi) is 7.80. The summed E-state index contributed by atoms with van der Waals surface area (Å²) in [4.78, 5) is 24.0. The van der Waals surface area contributed by atoms with Crippen LogP contribution < -0.4 is 24.4 Å². The van der Waals surface area contributed by atoms with Crippen molar-refractivity contribution in [3.05, 3.63) is 83.9 Å². The van der Waals surface area contributed by atoms with E-state index in [4.69, 9.17) is 18.9 Å². The molecule has 0 bridgehead atoms. The number of nitrogens with one attached hydrogen (secondary N) is 1. The van der Waals surface area contributed by atoms with Crippen molar-refractivity contribution < 1.29 is 28.5 Å². The lowest BCUT2D eigenvalue weighted by Gasteiger charge is -2.06. The topological polar surface area (TPSA) is 95.5 Å². The molecule has 0 aliphatic heterocycles. The maximum Gasteiger partial charge on any atom is 0.343 e. The zero-order valence-electron chi connectivity index (χ0n) is 17.6. The van der Waals surface area contributed by atoms with Crippen LogP contribution in [0.5, 0.6) is 23.0 Å². The lowest BCUT2D eigenvalue weighted by Crippen LogP contribution is -2.24. The maximum atomic E-state index is 12.2. The first kappa shape index (κ1) is 22.4. The molecule has 32 heavy (non-hydrogen) atoms. The van der Waals surface area contributed by atoms with Crippen LogP contribution in [0.2, 0.25) is 0 Å². The normalized spacial score (nSPS) is 10.4. The van der Waals surface area contributed by atoms with Gasteiger partial charge in [0.15, 0.2) is 6.61 Å². The van der Waals surface area contributed by atoms with Crippen molar-refractivity contribution in [2.75, 3.05) is 20.8 Å². The molecule has 1 amide bonds. The monoisotopic (exact) mass is 434 g/mol. The molecule has 0 saturated carbocycles. The molecule has 0 aromatic heterocycles. The van der Waals surface area contributed by atoms with Crippen molar-refractivity contribution >= 4 is 18.1 Å². The zero-order valence-corrected chi connectivity index (χ0v) is 17.6. The molecule has 0 fully saturated rings. The fourth-order valence-corrected chi connectivity index (χ4v) is 2.55. The van der Waals surface area contributed by atoms with Crippen molar-refractivity contribution in [3.63, 3.8) is 0 Å². The summed E-state index contributed by atoms with van der Waals surface area (Å²) in [6, 6.07) is 20.2. The molecule has 8 heteroatoms. The molecule has 3 rings (SSSR count). The second-order valence-electron chi connectivity index (χ2n) is 6.44. The summed E-state index contributed by atoms with van der Waals surface area (Å²) >= 11 is 0. The van der Waals surface area contributed by atoms with Gasteiger partial charge in [-0.05, 0) is 78.4 Å². The first-order valence-corrected chi connectivity index (χ1v) is 9.62. The summed E-state index contributed by atoms with van der Waals surface area (Å²) < 4.78 is 20.8. The Morgan fingerprint density at radius 2 is 1.31 bits per heavy atom. The number of benzene rings is 3. The van der Waals surface area contributed by atoms with E-state index in [-0.39, 0.29) is 6.61 Å². The quantitative estimate of drug-likeness (QED) is 0.240. The highest BCUT2D eigenvalue weighted by Crippen LogP contribution is 2.17. The van der Waals surface area contributed by atoms with Crippen LogP contribution in [0.15, 0.2) is 77.9 Å². The Balaban J connectivity index is 1.44. The van der Waals surface area contributed by atoms with Crippen molar-refractivity contribution in [3.8, 4) is 23.0 Å². The van der Waals surface area contributed by atoms with Gasteiger partial charge in [0.2, 0.25) is 0 Å². The second kappa shape index (κ2) is 11.2. The number of hydrogen-bond acceptors (Lipinski definition) is 7. The van der Waals surface area contributed by atoms with Crippen LogP contribution in [0.1, 0.15) is 15.9 Å². The molecule has 0 unspecified atom stereocenters. The fourth-order valence-electron chi connectivity index (χ4n) is 2.55. The van der Waals surface area contributed by atoms with Gasteiger partial charge < -0.3 is 18.9 Å². The van der Waals surface area contributed by atoms with E-state index in [0.717, 1.165) is 0 Å². The number of esters is 1. The minimum atomic E-state index is -0.474. The molecule has 0 saturated heterocycles. The predicted molar refractivity (Wildman–Crippen MR) is 119 cm³/mol. The molecule has 0 atom stereocenters. The molecule has 0 spiro atoms. The molecule has 3 aromatic carbocycles. The minimum Gasteiger partial charge on any atom is -0.497 e. The number of amides is 1. The van der Waals surface area contributed by atoms with Crippen molar-refractivity contribution in [2.45, 2.75) is 0 Å². The molecule has 164 valence electrons. The third kappa shape index (κ3) is 6.60. The van der Waals surface area contributed by atoms with Gasteiger partial charge in [-0.1, -0.05) is 0 Å². The van der Waals surface area contributed by atoms with Gasteiger partial charge in [-0.2, -0.15) is 5.10 Å². The molecule has 0 aliphatic rings. The van der Waals surface area contributed by atoms with Gasteiger partial charge in [-0.25, -0.2) is 10.2 Å². The average Bonchev–Trinajstić information content (AvgIpc) is 2.84. The molecular formula is C24H22N2O6. The number of rotatable bonds is 9. The van der Waals surface area contributed by atoms with Crippen molar-refractivity contribution in [1.29, 1.82) is 0 Å². The Labute approximate surface area is 185 Å². The highest BCUT2D eigenvalue weighted by Gasteiger charge is 2.08. The highest BCUT2D eigenvalue weighted by molar-refractivity contribution is 5.91. The number of carbonyl (C=O) groups excluding carboxylic acids is 2. The van der Waals surface area contributed by atoms with Crippen LogP contribution in [0, 0.1) is 0 Å². The van der Waals surface area contributed by atoms with E-state index in [1.807, 2.05) is 0 Å². The van der Waals surface area contributed by atoms with E-state index in [1.54, 1.807) is 87.0 Å². The molecule has 0 radical (unpaired) electrons. The zero-order chi connectivity index (χ0) is 22.8. The van der Waals surface area contributed by atoms with E-state index in [0.29, 0.717) is 34.1 Å². The van der Waals surface area contributed by atoms with Gasteiger partial charge >= 0.3 is 5.97 Å². The van der Waals surface area contributed by atoms with E-state index in [2.05, 4.69) is 10.5 Å². The van der Waals surface area contributed by atoms with Crippen LogP contribution in [0.25, 0.3) is 0 Å². The number of nitrogens with zero attached hydrogens (tertiary/aromatic N) is 1. The van der Waals surface area contributed by atoms with Crippen molar-refractivity contribution in [2.24, 2.45) is 5.10 Å². The first-order chi connectivity index (χ1) is 15.6. The first-order valence-electron chi connectivity index (χ1n) is 9.62. The van der Waals surface area contributed by atoms with Gasteiger partial charge in [0.25, 0.3) is 5.91 Å². The second-order valence-corrected chi connectivity index (χ2v) is 6.44. The lowest BCUT2D eigenvalue weighted by molar-refractivity contribution is -0.123. The van der Waals surface area contributed by atoms with Gasteiger partial charge in [-0.15, -0.1) is 0 Å². The highest BCUT2D eigenvalue weighted by atomic mass is 16.5. The van der Waals surface area contributed by atoms with Gasteiger partial charge in [0.05, 0.1) is 26.0 Å². The van der Waals surface area contributed by atoms with Gasteiger partial charge in [-0.3, -0.25) is 4.79 Å². The summed E-state index contributed by atoms with van der Waals surface area (Å²) in [5, 5.41) is 3.89. The predicted octanol–water partition coefficient (Wildman–Crippen LogP) is 3.45. The summed E-state index contributed by atoms with van der Waals surface area (Å²) in [5.74, 6) is 1.42. The Morgan fingerprint density at radius 3 is 1.91 bits per heavy atom. The Hall–Kier alpha value is -4.33. The third-order valence-corrected chi connectivity index (χ3v) is 4.25. The standard InChI is InChI=1S/C24H22N2O6/c1-29-19-9-5-18(6-10-19)24(28)32-22-7-3-17(4-8-22)15-25-26-23(27)16-31-21-13-11-20(30-2)12-14-21/h3-15H,16H2,1-2H3,(H,26,27). The molecule has 0 heterocycles. The van der Waals surface area contributed by atoms with Crippen LogP contribution in [-0.2, 0) is 4.79 Å². The lowest BCUT2D eigenvalue weighted by atomic mass is 10.2. The summed E-state index contributed by atoms with van der Waals surface area (Å²) in [5.41, 5.74) is 3.51. The average molecular weight is 434 g/mol. The number of methoxy groups -OCH3 is 2. The summed E-state index contributed by atoms with van der Waals surface area (Å²) in [7, 11) is 3.13. The van der Waals surface area contributed by atoms with Crippen LogP contribution >= 0.6 is 0 Å². The van der Waals surface area contributed by atoms with E-state index in [9.17, 15) is 9.59 Å². The van der Waals surface area contributed by atoms with Gasteiger partial charge in [0, 0.05) is 0 Å². The van der Waals surface area contributed by atoms with Crippen LogP contribution in [0.4, 0.5) is 0 Å². The largest absolute Gasteiger partial charge is 0.497 e. The van der Waals surface area contributed by atoms with E-state index >= 15 is 0 Å². The Morgan fingerprint density at radius 1 is 0.781 bits per heavy atom. The van der Waals surface area contributed by atoms with E-state index < -0.39 is 11.9 Å². The molecule has 3 aromatic rings. The third-order valence-electron chi connectivity index (χ3n) is 4.25. The van der Waals surface area contributed by atoms with Crippen LogP contribution in [-0.4, -0.2) is 38.9 Å². The molecular weight excluding hydrogens is 412 g/mol. The minimum absolute atomic E-state index is 0.177. The SMILES string of the molecule is COc1ccc(OCC(=O)NN=Cc2ccc(OC(=O)c3ccc(OC)cc3)cc2)cc1. The number of hydrazone groups is 1. The van der Waals surface area contributed by atoms with Crippen molar-refractivity contribution in [1.82, 2.24) is 5.43 Å². The van der Waals surface area contributed by atoms with Crippen LogP contribution in [0.3, 0.4) is 0 Å². The van der Waals surface area contributed by atoms with E-state index in [1.165, 1.54) is 6.21 Å². The molecule has 1 N–H and O–H groups in total. The van der Waals surface area contributed by atoms with Gasteiger partial charge in [0.1, 0.15) is 23.0 Å². The number of ether oxygens (including phenoxy) is 4. The summed E-state index contributed by atoms with van der Waals surface area (Å²) in [6.45, 7) is -0.177. The molecule has 8 nitrogen and oxygen atoms in total. The number of carbonyl (C=O) groups is 2.